The number of hydrogen-bond acceptors (Lipinski definition) is 4. The maximum atomic E-state index is 6.69. The predicted molar refractivity (Wildman–Crippen MR) is 231 cm³/mol. The predicted octanol–water partition coefficient (Wildman–Crippen LogP) is 14.2. The molecular weight excluding hydrogens is 683 g/mol. The van der Waals surface area contributed by atoms with Crippen LogP contribution in [0, 0.1) is 0 Å². The van der Waals surface area contributed by atoms with Gasteiger partial charge < -0.3 is 9.32 Å². The number of hydrogen-bond donors (Lipinski definition) is 0. The van der Waals surface area contributed by atoms with Gasteiger partial charge in [0.1, 0.15) is 11.2 Å². The van der Waals surface area contributed by atoms with Crippen molar-refractivity contribution in [1.29, 1.82) is 0 Å². The summed E-state index contributed by atoms with van der Waals surface area (Å²) in [5.41, 5.74) is 14.1. The van der Waals surface area contributed by atoms with Crippen LogP contribution in [-0.4, -0.2) is 9.97 Å². The zero-order valence-corrected chi connectivity index (χ0v) is 30.5. The van der Waals surface area contributed by atoms with E-state index in [1.807, 2.05) is 48.5 Å². The third kappa shape index (κ3) is 6.29. The summed E-state index contributed by atoms with van der Waals surface area (Å²) in [6, 6.07) is 73.7. The number of nitrogens with zero attached hydrogens (tertiary/aromatic N) is 3. The van der Waals surface area contributed by atoms with Gasteiger partial charge >= 0.3 is 0 Å². The molecule has 0 aliphatic heterocycles. The molecule has 4 nitrogen and oxygen atoms in total. The molecule has 10 aromatic rings. The quantitative estimate of drug-likeness (QED) is 0.157. The first-order valence-corrected chi connectivity index (χ1v) is 18.8. The Morgan fingerprint density at radius 2 is 0.875 bits per heavy atom. The third-order valence-corrected chi connectivity index (χ3v) is 10.3. The molecule has 10 rings (SSSR count). The number of para-hydroxylation sites is 1. The summed E-state index contributed by atoms with van der Waals surface area (Å²) in [4.78, 5) is 12.6. The maximum Gasteiger partial charge on any atom is 0.160 e. The van der Waals surface area contributed by atoms with Crippen molar-refractivity contribution in [2.24, 2.45) is 0 Å². The van der Waals surface area contributed by atoms with Crippen molar-refractivity contribution in [1.82, 2.24) is 9.97 Å². The van der Waals surface area contributed by atoms with Gasteiger partial charge in [-0.25, -0.2) is 9.97 Å². The molecular formula is C52H35N3O. The van der Waals surface area contributed by atoms with E-state index in [1.54, 1.807) is 0 Å². The lowest BCUT2D eigenvalue weighted by Gasteiger charge is -2.26. The molecule has 0 amide bonds. The average molecular weight is 718 g/mol. The van der Waals surface area contributed by atoms with Crippen LogP contribution in [0.25, 0.3) is 78.1 Å². The Balaban J connectivity index is 1.10. The Morgan fingerprint density at radius 1 is 0.339 bits per heavy atom. The van der Waals surface area contributed by atoms with Crippen molar-refractivity contribution >= 4 is 39.0 Å². The Kier molecular flexibility index (Phi) is 8.47. The SMILES string of the molecule is c1ccc(-c2ccc(-c3cc(-c4cccc5oc6cc(N(c7ccccc7)c7cccc(-c8ccccc8)c7)ccc6c45)nc(-c4ccccc4)n3)cc2)cc1. The van der Waals surface area contributed by atoms with Gasteiger partial charge in [-0.15, -0.1) is 0 Å². The van der Waals surface area contributed by atoms with E-state index in [0.29, 0.717) is 5.82 Å². The first-order valence-electron chi connectivity index (χ1n) is 18.8. The molecule has 0 bridgehead atoms. The zero-order chi connectivity index (χ0) is 37.3. The fraction of sp³-hybridized carbons (Fsp3) is 0. The van der Waals surface area contributed by atoms with E-state index in [0.717, 1.165) is 78.2 Å². The molecule has 0 saturated carbocycles. The number of anilines is 3. The molecule has 0 spiro atoms. The normalized spacial score (nSPS) is 11.2. The van der Waals surface area contributed by atoms with Crippen molar-refractivity contribution in [3.05, 3.63) is 212 Å². The highest BCUT2D eigenvalue weighted by atomic mass is 16.3. The van der Waals surface area contributed by atoms with E-state index in [-0.39, 0.29) is 0 Å². The van der Waals surface area contributed by atoms with Gasteiger partial charge in [-0.2, -0.15) is 0 Å². The highest BCUT2D eigenvalue weighted by Crippen LogP contribution is 2.42. The second-order valence-corrected chi connectivity index (χ2v) is 13.8. The largest absolute Gasteiger partial charge is 0.456 e. The molecule has 8 aromatic carbocycles. The molecule has 0 radical (unpaired) electrons. The second kappa shape index (κ2) is 14.3. The van der Waals surface area contributed by atoms with Crippen LogP contribution < -0.4 is 4.90 Å². The van der Waals surface area contributed by atoms with Gasteiger partial charge in [0.25, 0.3) is 0 Å². The monoisotopic (exact) mass is 717 g/mol. The Hall–Kier alpha value is -7.56. The lowest BCUT2D eigenvalue weighted by molar-refractivity contribution is 0.669. The summed E-state index contributed by atoms with van der Waals surface area (Å²) in [5, 5.41) is 2.05. The van der Waals surface area contributed by atoms with E-state index >= 15 is 0 Å². The number of aromatic nitrogens is 2. The van der Waals surface area contributed by atoms with Crippen LogP contribution in [0.2, 0.25) is 0 Å². The zero-order valence-electron chi connectivity index (χ0n) is 30.5. The van der Waals surface area contributed by atoms with Crippen molar-refractivity contribution < 1.29 is 4.42 Å². The van der Waals surface area contributed by atoms with Crippen LogP contribution in [-0.2, 0) is 0 Å². The molecule has 0 unspecified atom stereocenters. The first kappa shape index (κ1) is 33.0. The number of rotatable bonds is 8. The summed E-state index contributed by atoms with van der Waals surface area (Å²) in [6.07, 6.45) is 0. The van der Waals surface area contributed by atoms with Crippen LogP contribution in [0.3, 0.4) is 0 Å². The van der Waals surface area contributed by atoms with Crippen LogP contribution in [0.1, 0.15) is 0 Å². The standard InChI is InChI=1S/C52H35N3O/c1-5-15-36(16-6-1)38-27-29-39(30-28-38)47-35-48(54-52(53-47)40-19-9-3-10-20-40)45-25-14-26-49-51(45)46-32-31-44(34-50(46)56-49)55(42-22-11-4-12-23-42)43-24-13-21-41(33-43)37-17-7-2-8-18-37/h1-35H. The topological polar surface area (TPSA) is 42.2 Å². The Labute approximate surface area is 325 Å². The van der Waals surface area contributed by atoms with Crippen LogP contribution in [0.15, 0.2) is 217 Å². The summed E-state index contributed by atoms with van der Waals surface area (Å²) in [7, 11) is 0. The Bertz CT molecular complexity index is 2940. The summed E-state index contributed by atoms with van der Waals surface area (Å²) >= 11 is 0. The van der Waals surface area contributed by atoms with Gasteiger partial charge in [-0.05, 0) is 70.8 Å². The fourth-order valence-corrected chi connectivity index (χ4v) is 7.56. The first-order chi connectivity index (χ1) is 27.7. The minimum atomic E-state index is 0.675. The lowest BCUT2D eigenvalue weighted by Crippen LogP contribution is -2.09. The van der Waals surface area contributed by atoms with Gasteiger partial charge in [0.2, 0.25) is 0 Å². The minimum Gasteiger partial charge on any atom is -0.456 e. The summed E-state index contributed by atoms with van der Waals surface area (Å²) in [6.45, 7) is 0. The molecule has 0 N–H and O–H groups in total. The highest BCUT2D eigenvalue weighted by Gasteiger charge is 2.19. The van der Waals surface area contributed by atoms with Crippen molar-refractivity contribution in [3.63, 3.8) is 0 Å². The van der Waals surface area contributed by atoms with Gasteiger partial charge in [0, 0.05) is 50.6 Å². The molecule has 0 saturated heterocycles. The fourth-order valence-electron chi connectivity index (χ4n) is 7.56. The van der Waals surface area contributed by atoms with E-state index in [1.165, 1.54) is 11.1 Å². The molecule has 0 aliphatic rings. The van der Waals surface area contributed by atoms with E-state index in [4.69, 9.17) is 14.4 Å². The van der Waals surface area contributed by atoms with Gasteiger partial charge in [-0.1, -0.05) is 158 Å². The van der Waals surface area contributed by atoms with Gasteiger partial charge in [0.05, 0.1) is 11.4 Å². The highest BCUT2D eigenvalue weighted by molar-refractivity contribution is 6.13. The molecule has 0 atom stereocenters. The van der Waals surface area contributed by atoms with Crippen LogP contribution in [0.4, 0.5) is 17.1 Å². The molecule has 0 fully saturated rings. The smallest absolute Gasteiger partial charge is 0.160 e. The number of fused-ring (bicyclic) bond motifs is 3. The summed E-state index contributed by atoms with van der Waals surface area (Å²) < 4.78 is 6.69. The van der Waals surface area contributed by atoms with Crippen molar-refractivity contribution in [2.45, 2.75) is 0 Å². The number of benzene rings is 8. The maximum absolute atomic E-state index is 6.69. The summed E-state index contributed by atoms with van der Waals surface area (Å²) in [5.74, 6) is 0.675. The van der Waals surface area contributed by atoms with Crippen molar-refractivity contribution in [2.75, 3.05) is 4.90 Å². The lowest BCUT2D eigenvalue weighted by atomic mass is 10.00. The molecule has 2 heterocycles. The van der Waals surface area contributed by atoms with Crippen LogP contribution >= 0.6 is 0 Å². The van der Waals surface area contributed by atoms with Gasteiger partial charge in [-0.3, -0.25) is 0 Å². The molecule has 56 heavy (non-hydrogen) atoms. The van der Waals surface area contributed by atoms with Crippen LogP contribution in [0.5, 0.6) is 0 Å². The molecule has 0 aliphatic carbocycles. The van der Waals surface area contributed by atoms with E-state index in [2.05, 4.69) is 169 Å². The van der Waals surface area contributed by atoms with E-state index < -0.39 is 0 Å². The third-order valence-electron chi connectivity index (χ3n) is 10.3. The van der Waals surface area contributed by atoms with Crippen molar-refractivity contribution in [3.8, 4) is 56.2 Å². The minimum absolute atomic E-state index is 0.675. The molecule has 2 aromatic heterocycles. The second-order valence-electron chi connectivity index (χ2n) is 13.8. The molecule has 264 valence electrons. The van der Waals surface area contributed by atoms with E-state index in [9.17, 15) is 0 Å². The molecule has 4 heteroatoms. The Morgan fingerprint density at radius 3 is 1.59 bits per heavy atom. The average Bonchev–Trinajstić information content (AvgIpc) is 3.66. The van der Waals surface area contributed by atoms with Gasteiger partial charge in [0.15, 0.2) is 5.82 Å². The number of furan rings is 1.